The smallest absolute Gasteiger partial charge is 0.00758 e. The predicted octanol–water partition coefficient (Wildman–Crippen LogP) is 17.8. The van der Waals surface area contributed by atoms with Gasteiger partial charge in [-0.2, -0.15) is 0 Å². The van der Waals surface area contributed by atoms with Crippen molar-refractivity contribution in [2.75, 3.05) is 0 Å². The van der Waals surface area contributed by atoms with Crippen molar-refractivity contribution in [2.45, 2.75) is 122 Å². The van der Waals surface area contributed by atoms with Gasteiger partial charge in [-0.15, -0.1) is 0 Å². The highest BCUT2D eigenvalue weighted by molar-refractivity contribution is 5.99. The molecular weight excluding hydrogens is 721 g/mol. The van der Waals surface area contributed by atoms with E-state index in [1.165, 1.54) is 107 Å². The zero-order valence-corrected chi connectivity index (χ0v) is 39.4. The molecule has 0 heterocycles. The molecule has 4 atom stereocenters. The first kappa shape index (κ1) is 45.9. The van der Waals surface area contributed by atoms with Gasteiger partial charge in [0.2, 0.25) is 0 Å². The summed E-state index contributed by atoms with van der Waals surface area (Å²) in [5.41, 5.74) is 25.8. The summed E-state index contributed by atoms with van der Waals surface area (Å²) in [6.45, 7) is 30.8. The van der Waals surface area contributed by atoms with E-state index >= 15 is 0 Å². The van der Waals surface area contributed by atoms with Crippen LogP contribution in [0.4, 0.5) is 0 Å². The van der Waals surface area contributed by atoms with Gasteiger partial charge < -0.3 is 0 Å². The fraction of sp³-hybridized carbons (Fsp3) is 0.333. The molecule has 5 aromatic carbocycles. The van der Waals surface area contributed by atoms with E-state index in [9.17, 15) is 0 Å². The molecule has 5 aromatic rings. The standard InChI is InChI=1S/C19H22.2C18H18.C3H8.C2H6/c1-12-5-8-16(9-6-12)19-14(3)17-10-7-13(2)11-18(17)15(19)4;2*1-12-8-10-15(11-9-12)18-13(2)16-6-4-5-7-17(16)14(18)3;1-3-2;1-2/h5-10,13,15H,11H2,1-4H3;2*4-11,13H,1-3H3;3H2,1-2H3;1-2H3. The molecule has 4 aliphatic carbocycles. The molecule has 9 rings (SSSR count). The summed E-state index contributed by atoms with van der Waals surface area (Å²) < 4.78 is 0. The highest BCUT2D eigenvalue weighted by Crippen LogP contribution is 2.49. The first-order valence-corrected chi connectivity index (χ1v) is 22.8. The second kappa shape index (κ2) is 20.9. The Bertz CT molecular complexity index is 2270. The number of allylic oxidation sites excluding steroid dienone is 10. The number of hydrogen-bond donors (Lipinski definition) is 0. The van der Waals surface area contributed by atoms with Crippen LogP contribution in [-0.2, 0) is 0 Å². The Morgan fingerprint density at radius 2 is 0.767 bits per heavy atom. The summed E-state index contributed by atoms with van der Waals surface area (Å²) in [4.78, 5) is 0. The third-order valence-corrected chi connectivity index (χ3v) is 12.7. The topological polar surface area (TPSA) is 0 Å². The fourth-order valence-electron chi connectivity index (χ4n) is 9.59. The number of rotatable bonds is 3. The van der Waals surface area contributed by atoms with Gasteiger partial charge in [0.15, 0.2) is 0 Å². The van der Waals surface area contributed by atoms with Gasteiger partial charge in [0.05, 0.1) is 0 Å². The predicted molar refractivity (Wildman–Crippen MR) is 267 cm³/mol. The lowest BCUT2D eigenvalue weighted by molar-refractivity contribution is 0.658. The monoisotopic (exact) mass is 793 g/mol. The second-order valence-corrected chi connectivity index (χ2v) is 17.2. The van der Waals surface area contributed by atoms with Crippen molar-refractivity contribution in [3.63, 3.8) is 0 Å². The molecule has 0 N–H and O–H groups in total. The van der Waals surface area contributed by atoms with Gasteiger partial charge in [0.25, 0.3) is 0 Å². The highest BCUT2D eigenvalue weighted by Gasteiger charge is 2.31. The molecule has 312 valence electrons. The van der Waals surface area contributed by atoms with Crippen LogP contribution in [0.1, 0.15) is 156 Å². The van der Waals surface area contributed by atoms with Crippen molar-refractivity contribution in [3.05, 3.63) is 206 Å². The molecule has 4 aliphatic rings. The molecule has 0 saturated carbocycles. The third-order valence-electron chi connectivity index (χ3n) is 12.7. The van der Waals surface area contributed by atoms with Crippen LogP contribution in [0.25, 0.3) is 27.9 Å². The number of aryl methyl sites for hydroxylation is 3. The molecule has 0 saturated heterocycles. The van der Waals surface area contributed by atoms with Crippen LogP contribution in [0.3, 0.4) is 0 Å². The molecule has 0 aliphatic heterocycles. The van der Waals surface area contributed by atoms with Gasteiger partial charge in [0, 0.05) is 17.8 Å². The van der Waals surface area contributed by atoms with E-state index in [-0.39, 0.29) is 0 Å². The molecule has 60 heavy (non-hydrogen) atoms. The third kappa shape index (κ3) is 9.87. The summed E-state index contributed by atoms with van der Waals surface area (Å²) in [5, 5.41) is 0. The van der Waals surface area contributed by atoms with Crippen molar-refractivity contribution >= 4 is 27.9 Å². The number of fused-ring (bicyclic) bond motifs is 2. The van der Waals surface area contributed by atoms with Gasteiger partial charge in [0.1, 0.15) is 0 Å². The zero-order valence-electron chi connectivity index (χ0n) is 39.4. The van der Waals surface area contributed by atoms with Gasteiger partial charge in [-0.1, -0.05) is 218 Å². The summed E-state index contributed by atoms with van der Waals surface area (Å²) >= 11 is 0. The average molecular weight is 793 g/mol. The molecule has 0 radical (unpaired) electrons. The Morgan fingerprint density at radius 1 is 0.433 bits per heavy atom. The van der Waals surface area contributed by atoms with Crippen molar-refractivity contribution in [1.29, 1.82) is 0 Å². The van der Waals surface area contributed by atoms with Crippen molar-refractivity contribution in [2.24, 2.45) is 11.8 Å². The maximum Gasteiger partial charge on any atom is 0.00758 e. The van der Waals surface area contributed by atoms with Gasteiger partial charge in [-0.05, 0) is 132 Å². The van der Waals surface area contributed by atoms with Crippen LogP contribution < -0.4 is 0 Å². The molecule has 0 aromatic heterocycles. The van der Waals surface area contributed by atoms with Gasteiger partial charge >= 0.3 is 0 Å². The Balaban J connectivity index is 0.000000162. The van der Waals surface area contributed by atoms with E-state index < -0.39 is 0 Å². The lowest BCUT2D eigenvalue weighted by Crippen LogP contribution is -2.05. The summed E-state index contributed by atoms with van der Waals surface area (Å²) in [7, 11) is 0. The van der Waals surface area contributed by atoms with E-state index in [1.54, 1.807) is 5.57 Å². The van der Waals surface area contributed by atoms with Crippen LogP contribution in [0.15, 0.2) is 150 Å². The fourth-order valence-corrected chi connectivity index (χ4v) is 9.59. The van der Waals surface area contributed by atoms with E-state index in [0.29, 0.717) is 23.7 Å². The first-order chi connectivity index (χ1) is 28.9. The Morgan fingerprint density at radius 3 is 1.12 bits per heavy atom. The minimum atomic E-state index is 0.504. The minimum Gasteiger partial charge on any atom is -0.0808 e. The normalized spacial score (nSPS) is 19.5. The maximum atomic E-state index is 2.37. The molecular formula is C60H72. The lowest BCUT2D eigenvalue weighted by Gasteiger charge is -2.20. The van der Waals surface area contributed by atoms with E-state index in [0.717, 1.165) is 0 Å². The minimum absolute atomic E-state index is 0.504. The number of hydrogen-bond acceptors (Lipinski definition) is 0. The summed E-state index contributed by atoms with van der Waals surface area (Å²) in [6, 6.07) is 44.3. The molecule has 0 spiro atoms. The summed E-state index contributed by atoms with van der Waals surface area (Å²) in [6.07, 6.45) is 7.17. The largest absolute Gasteiger partial charge is 0.0808 e. The number of benzene rings is 5. The Kier molecular flexibility index (Phi) is 15.9. The molecule has 0 amide bonds. The van der Waals surface area contributed by atoms with Crippen molar-refractivity contribution in [3.8, 4) is 0 Å². The molecule has 0 bridgehead atoms. The second-order valence-electron chi connectivity index (χ2n) is 17.2. The summed E-state index contributed by atoms with van der Waals surface area (Å²) in [5.74, 6) is 2.27. The molecule has 0 nitrogen and oxygen atoms in total. The molecule has 0 fully saturated rings. The Hall–Kier alpha value is -5.20. The molecule has 0 heteroatoms. The van der Waals surface area contributed by atoms with Crippen molar-refractivity contribution < 1.29 is 0 Å². The van der Waals surface area contributed by atoms with Gasteiger partial charge in [-0.3, -0.25) is 0 Å². The molecule has 4 unspecified atom stereocenters. The quantitative estimate of drug-likeness (QED) is 0.171. The lowest BCUT2D eigenvalue weighted by atomic mass is 9.85. The average Bonchev–Trinajstić information content (AvgIpc) is 3.78. The van der Waals surface area contributed by atoms with Crippen LogP contribution >= 0.6 is 0 Å². The first-order valence-electron chi connectivity index (χ1n) is 22.8. The van der Waals surface area contributed by atoms with Gasteiger partial charge in [-0.25, -0.2) is 0 Å². The van der Waals surface area contributed by atoms with E-state index in [1.807, 2.05) is 13.8 Å². The van der Waals surface area contributed by atoms with Crippen LogP contribution in [0, 0.1) is 32.6 Å². The SMILES string of the molecule is CC.CC1=C(c2ccc(C)cc2)C(C)C2=C1C=CC(C)C2.CC1=C(c2ccc(C)cc2)C(C)c2ccccc21.CC1=C(c2ccc(C)cc2)C(C)c2ccccc21.CCC. The van der Waals surface area contributed by atoms with Crippen LogP contribution in [0.5, 0.6) is 0 Å². The van der Waals surface area contributed by atoms with Crippen molar-refractivity contribution in [1.82, 2.24) is 0 Å². The zero-order chi connectivity index (χ0) is 43.7. The maximum absolute atomic E-state index is 2.37. The van der Waals surface area contributed by atoms with Crippen LogP contribution in [0.2, 0.25) is 0 Å². The highest BCUT2D eigenvalue weighted by atomic mass is 14.3. The van der Waals surface area contributed by atoms with E-state index in [4.69, 9.17) is 0 Å². The Labute approximate surface area is 365 Å². The van der Waals surface area contributed by atoms with Crippen LogP contribution in [-0.4, -0.2) is 0 Å². The van der Waals surface area contributed by atoms with E-state index in [2.05, 4.69) is 217 Å².